The lowest BCUT2D eigenvalue weighted by Gasteiger charge is -2.19. The second-order valence-corrected chi connectivity index (χ2v) is 7.56. The van der Waals surface area contributed by atoms with Crippen molar-refractivity contribution < 1.29 is 13.2 Å². The van der Waals surface area contributed by atoms with Crippen LogP contribution in [0.2, 0.25) is 5.02 Å². The summed E-state index contributed by atoms with van der Waals surface area (Å²) >= 11 is 5.81. The first kappa shape index (κ1) is 20.0. The number of anilines is 1. The first-order chi connectivity index (χ1) is 12.3. The van der Waals surface area contributed by atoms with Gasteiger partial charge in [-0.1, -0.05) is 29.8 Å². The lowest BCUT2D eigenvalue weighted by molar-refractivity contribution is 0.0773. The summed E-state index contributed by atoms with van der Waals surface area (Å²) in [5.41, 5.74) is 1.49. The number of benzene rings is 2. The molecule has 0 radical (unpaired) electrons. The molecule has 138 valence electrons. The predicted molar refractivity (Wildman–Crippen MR) is 107 cm³/mol. The Balaban J connectivity index is 2.15. The van der Waals surface area contributed by atoms with E-state index in [0.29, 0.717) is 34.9 Å². The third-order valence-corrected chi connectivity index (χ3v) is 5.00. The monoisotopic (exact) mass is 392 g/mol. The predicted octanol–water partition coefficient (Wildman–Crippen LogP) is 4.23. The molecule has 0 fully saturated rings. The van der Waals surface area contributed by atoms with Crippen molar-refractivity contribution in [3.05, 3.63) is 70.1 Å². The molecule has 0 unspecified atom stereocenters. The summed E-state index contributed by atoms with van der Waals surface area (Å²) in [4.78, 5) is 14.1. The number of rotatable bonds is 7. The largest absolute Gasteiger partial charge is 0.339 e. The highest BCUT2D eigenvalue weighted by atomic mass is 35.5. The Labute approximate surface area is 159 Å². The van der Waals surface area contributed by atoms with Crippen LogP contribution >= 0.6 is 11.6 Å². The van der Waals surface area contributed by atoms with E-state index in [9.17, 15) is 13.2 Å². The molecular formula is C19H21ClN2O3S. The van der Waals surface area contributed by atoms with Crippen LogP contribution in [0.3, 0.4) is 0 Å². The Morgan fingerprint density at radius 2 is 1.77 bits per heavy atom. The van der Waals surface area contributed by atoms with Crippen LogP contribution in [0.25, 0.3) is 6.08 Å². The van der Waals surface area contributed by atoms with E-state index in [1.807, 2.05) is 13.8 Å². The van der Waals surface area contributed by atoms with Gasteiger partial charge in [-0.25, -0.2) is 8.42 Å². The zero-order valence-corrected chi connectivity index (χ0v) is 16.2. The number of hydrogen-bond donors (Lipinski definition) is 1. The molecule has 0 aliphatic rings. The van der Waals surface area contributed by atoms with Crippen LogP contribution in [0.5, 0.6) is 0 Å². The van der Waals surface area contributed by atoms with E-state index in [1.165, 1.54) is 12.1 Å². The Morgan fingerprint density at radius 1 is 1.12 bits per heavy atom. The van der Waals surface area contributed by atoms with Crippen LogP contribution in [0.1, 0.15) is 29.8 Å². The molecule has 2 aromatic rings. The fraction of sp³-hybridized carbons (Fsp3) is 0.211. The molecule has 0 atom stereocenters. The first-order valence-electron chi connectivity index (χ1n) is 8.20. The zero-order valence-electron chi connectivity index (χ0n) is 14.6. The second kappa shape index (κ2) is 8.87. The van der Waals surface area contributed by atoms with Crippen LogP contribution < -0.4 is 4.72 Å². The smallest absolute Gasteiger partial charge is 0.255 e. The average molecular weight is 393 g/mol. The van der Waals surface area contributed by atoms with Gasteiger partial charge >= 0.3 is 0 Å². The minimum absolute atomic E-state index is 0.132. The molecule has 7 heteroatoms. The van der Waals surface area contributed by atoms with Gasteiger partial charge in [0, 0.05) is 29.4 Å². The average Bonchev–Trinajstić information content (AvgIpc) is 2.62. The number of nitrogens with one attached hydrogen (secondary N) is 1. The molecule has 0 heterocycles. The van der Waals surface area contributed by atoms with E-state index in [4.69, 9.17) is 11.6 Å². The molecule has 0 aliphatic carbocycles. The summed E-state index contributed by atoms with van der Waals surface area (Å²) in [5.74, 6) is -0.132. The van der Waals surface area contributed by atoms with E-state index < -0.39 is 10.0 Å². The van der Waals surface area contributed by atoms with Crippen molar-refractivity contribution >= 4 is 39.3 Å². The van der Waals surface area contributed by atoms with Crippen molar-refractivity contribution in [1.29, 1.82) is 0 Å². The van der Waals surface area contributed by atoms with Crippen molar-refractivity contribution in [3.63, 3.8) is 0 Å². The highest BCUT2D eigenvalue weighted by molar-refractivity contribution is 7.95. The Morgan fingerprint density at radius 3 is 2.38 bits per heavy atom. The summed E-state index contributed by atoms with van der Waals surface area (Å²) in [7, 11) is -3.71. The van der Waals surface area contributed by atoms with Crippen LogP contribution in [0.4, 0.5) is 5.69 Å². The normalized spacial score (nSPS) is 11.5. The standard InChI is InChI=1S/C19H21ClN2O3S/c1-3-22(4-2)19(23)16-6-5-7-18(14-16)21-26(24,25)13-12-15-8-10-17(20)11-9-15/h5-14,21H,3-4H2,1-2H3/b13-12+. The lowest BCUT2D eigenvalue weighted by Crippen LogP contribution is -2.30. The molecule has 1 N–H and O–H groups in total. The van der Waals surface area contributed by atoms with E-state index in [-0.39, 0.29) is 5.91 Å². The molecule has 2 aromatic carbocycles. The summed E-state index contributed by atoms with van der Waals surface area (Å²) in [5, 5.41) is 1.66. The molecule has 5 nitrogen and oxygen atoms in total. The van der Waals surface area contributed by atoms with Gasteiger partial charge in [0.25, 0.3) is 15.9 Å². The number of hydrogen-bond acceptors (Lipinski definition) is 3. The van der Waals surface area contributed by atoms with Gasteiger partial charge in [0.1, 0.15) is 0 Å². The fourth-order valence-corrected chi connectivity index (χ4v) is 3.34. The minimum atomic E-state index is -3.71. The first-order valence-corrected chi connectivity index (χ1v) is 10.1. The minimum Gasteiger partial charge on any atom is -0.339 e. The SMILES string of the molecule is CCN(CC)C(=O)c1cccc(NS(=O)(=O)/C=C/c2ccc(Cl)cc2)c1. The summed E-state index contributed by atoms with van der Waals surface area (Å²) in [6, 6.07) is 13.3. The number of carbonyl (C=O) groups is 1. The number of nitrogens with zero attached hydrogens (tertiary/aromatic N) is 1. The van der Waals surface area contributed by atoms with Gasteiger partial charge in [-0.2, -0.15) is 0 Å². The Hall–Kier alpha value is -2.31. The highest BCUT2D eigenvalue weighted by Gasteiger charge is 2.14. The third kappa shape index (κ3) is 5.61. The number of sulfonamides is 1. The molecular weight excluding hydrogens is 372 g/mol. The molecule has 1 amide bonds. The maximum Gasteiger partial charge on any atom is 0.255 e. The van der Waals surface area contributed by atoms with Crippen molar-refractivity contribution in [2.45, 2.75) is 13.8 Å². The lowest BCUT2D eigenvalue weighted by atomic mass is 10.2. The summed E-state index contributed by atoms with van der Waals surface area (Å²) in [6.45, 7) is 4.98. The van der Waals surface area contributed by atoms with Crippen LogP contribution in [0, 0.1) is 0 Å². The van der Waals surface area contributed by atoms with Crippen molar-refractivity contribution in [1.82, 2.24) is 4.90 Å². The Kier molecular flexibility index (Phi) is 6.83. The maximum absolute atomic E-state index is 12.4. The van der Waals surface area contributed by atoms with Crippen molar-refractivity contribution in [2.75, 3.05) is 17.8 Å². The van der Waals surface area contributed by atoms with Gasteiger partial charge < -0.3 is 4.90 Å². The second-order valence-electron chi connectivity index (χ2n) is 5.56. The number of amides is 1. The van der Waals surface area contributed by atoms with E-state index in [0.717, 1.165) is 5.41 Å². The maximum atomic E-state index is 12.4. The molecule has 0 spiro atoms. The topological polar surface area (TPSA) is 66.5 Å². The Bertz CT molecular complexity index is 889. The van der Waals surface area contributed by atoms with Gasteiger partial charge in [0.05, 0.1) is 5.41 Å². The summed E-state index contributed by atoms with van der Waals surface area (Å²) < 4.78 is 27.0. The third-order valence-electron chi connectivity index (χ3n) is 3.73. The highest BCUT2D eigenvalue weighted by Crippen LogP contribution is 2.16. The fourth-order valence-electron chi connectivity index (χ4n) is 2.35. The van der Waals surface area contributed by atoms with Gasteiger partial charge in [-0.3, -0.25) is 9.52 Å². The zero-order chi connectivity index (χ0) is 19.2. The van der Waals surface area contributed by atoms with Gasteiger partial charge in [-0.05, 0) is 55.8 Å². The van der Waals surface area contributed by atoms with Crippen LogP contribution in [-0.2, 0) is 10.0 Å². The molecule has 2 rings (SSSR count). The molecule has 0 aromatic heterocycles. The van der Waals surface area contributed by atoms with E-state index >= 15 is 0 Å². The molecule has 0 bridgehead atoms. The number of carbonyl (C=O) groups excluding carboxylic acids is 1. The van der Waals surface area contributed by atoms with E-state index in [2.05, 4.69) is 4.72 Å². The number of halogens is 1. The molecule has 0 saturated heterocycles. The van der Waals surface area contributed by atoms with E-state index in [1.54, 1.807) is 47.4 Å². The van der Waals surface area contributed by atoms with Gasteiger partial charge in [-0.15, -0.1) is 0 Å². The van der Waals surface area contributed by atoms with Gasteiger partial charge in [0.15, 0.2) is 0 Å². The van der Waals surface area contributed by atoms with Crippen molar-refractivity contribution in [2.24, 2.45) is 0 Å². The van der Waals surface area contributed by atoms with Crippen LogP contribution in [-0.4, -0.2) is 32.3 Å². The summed E-state index contributed by atoms with van der Waals surface area (Å²) in [6.07, 6.45) is 1.48. The molecule has 0 aliphatic heterocycles. The van der Waals surface area contributed by atoms with Crippen LogP contribution in [0.15, 0.2) is 53.9 Å². The molecule has 26 heavy (non-hydrogen) atoms. The molecule has 0 saturated carbocycles. The van der Waals surface area contributed by atoms with Gasteiger partial charge in [0.2, 0.25) is 0 Å². The quantitative estimate of drug-likeness (QED) is 0.766. The van der Waals surface area contributed by atoms with Crippen molar-refractivity contribution in [3.8, 4) is 0 Å².